The Kier molecular flexibility index (Phi) is 5.07. The molecular formula is C15H20N2S. The fourth-order valence-electron chi connectivity index (χ4n) is 2.75. The molecule has 0 aromatic carbocycles. The van der Waals surface area contributed by atoms with Crippen molar-refractivity contribution in [3.05, 3.63) is 24.5 Å². The minimum atomic E-state index is 0.219. The Bertz CT molecular complexity index is 399. The lowest BCUT2D eigenvalue weighted by molar-refractivity contribution is 0.307. The third kappa shape index (κ3) is 3.49. The molecule has 0 aliphatic heterocycles. The first-order valence-corrected chi connectivity index (χ1v) is 7.67. The first kappa shape index (κ1) is 13.4. The molecule has 0 spiro atoms. The van der Waals surface area contributed by atoms with Crippen molar-refractivity contribution in [2.24, 2.45) is 11.8 Å². The van der Waals surface area contributed by atoms with E-state index in [0.29, 0.717) is 5.25 Å². The molecule has 3 unspecified atom stereocenters. The van der Waals surface area contributed by atoms with Crippen LogP contribution in [0.1, 0.15) is 39.0 Å². The number of hydrogen-bond donors (Lipinski definition) is 0. The number of thioether (sulfide) groups is 1. The first-order chi connectivity index (χ1) is 8.83. The van der Waals surface area contributed by atoms with Crippen LogP contribution in [-0.2, 0) is 0 Å². The molecule has 1 aliphatic carbocycles. The summed E-state index contributed by atoms with van der Waals surface area (Å²) in [5.41, 5.74) is 0. The smallest absolute Gasteiger partial charge is 0.0667 e. The van der Waals surface area contributed by atoms with E-state index in [1.165, 1.54) is 30.6 Å². The summed E-state index contributed by atoms with van der Waals surface area (Å²) in [6.45, 7) is 2.25. The molecule has 0 bridgehead atoms. The molecule has 0 amide bonds. The van der Waals surface area contributed by atoms with Crippen LogP contribution in [0, 0.1) is 23.2 Å². The van der Waals surface area contributed by atoms with Gasteiger partial charge in [0.25, 0.3) is 0 Å². The fourth-order valence-corrected chi connectivity index (χ4v) is 4.11. The highest BCUT2D eigenvalue weighted by atomic mass is 32.2. The Balaban J connectivity index is 2.00. The first-order valence-electron chi connectivity index (χ1n) is 6.79. The van der Waals surface area contributed by atoms with Crippen molar-refractivity contribution in [1.29, 1.82) is 5.26 Å². The molecule has 1 saturated carbocycles. The maximum absolute atomic E-state index is 9.28. The summed E-state index contributed by atoms with van der Waals surface area (Å²) in [7, 11) is 0. The van der Waals surface area contributed by atoms with E-state index in [9.17, 15) is 5.26 Å². The molecule has 1 fully saturated rings. The number of pyridine rings is 1. The van der Waals surface area contributed by atoms with Crippen molar-refractivity contribution in [1.82, 2.24) is 4.98 Å². The van der Waals surface area contributed by atoms with Crippen LogP contribution in [0.15, 0.2) is 29.4 Å². The topological polar surface area (TPSA) is 36.7 Å². The summed E-state index contributed by atoms with van der Waals surface area (Å²) >= 11 is 1.86. The van der Waals surface area contributed by atoms with Gasteiger partial charge in [-0.25, -0.2) is 0 Å². The van der Waals surface area contributed by atoms with Gasteiger partial charge in [0.2, 0.25) is 0 Å². The largest absolute Gasteiger partial charge is 0.265 e. The Labute approximate surface area is 114 Å². The van der Waals surface area contributed by atoms with Gasteiger partial charge in [-0.15, -0.1) is 11.8 Å². The molecule has 0 N–H and O–H groups in total. The van der Waals surface area contributed by atoms with Gasteiger partial charge in [-0.1, -0.05) is 19.8 Å². The second-order valence-electron chi connectivity index (χ2n) is 5.04. The number of nitriles is 1. The maximum atomic E-state index is 9.28. The molecule has 1 aromatic rings. The van der Waals surface area contributed by atoms with E-state index in [-0.39, 0.29) is 5.92 Å². The molecule has 2 rings (SSSR count). The molecule has 2 nitrogen and oxygen atoms in total. The summed E-state index contributed by atoms with van der Waals surface area (Å²) in [5, 5.41) is 9.74. The van der Waals surface area contributed by atoms with Crippen molar-refractivity contribution < 1.29 is 0 Å². The average Bonchev–Trinajstić information content (AvgIpc) is 2.41. The number of nitrogens with zero attached hydrogens (tertiary/aromatic N) is 2. The van der Waals surface area contributed by atoms with Crippen LogP contribution in [-0.4, -0.2) is 10.2 Å². The third-order valence-electron chi connectivity index (χ3n) is 3.70. The molecule has 3 atom stereocenters. The number of rotatable bonds is 4. The van der Waals surface area contributed by atoms with Gasteiger partial charge in [0.15, 0.2) is 0 Å². The van der Waals surface area contributed by atoms with Crippen LogP contribution in [0.2, 0.25) is 0 Å². The van der Waals surface area contributed by atoms with Gasteiger partial charge in [-0.05, 0) is 37.3 Å². The molecule has 1 aliphatic rings. The molecule has 18 heavy (non-hydrogen) atoms. The monoisotopic (exact) mass is 260 g/mol. The molecule has 1 aromatic heterocycles. The standard InChI is InChI=1S/C15H20N2S/c1-2-3-12-4-5-13(11-16)15(10-12)18-14-6-8-17-9-7-14/h6-9,12-13,15H,2-5,10H2,1H3. The summed E-state index contributed by atoms with van der Waals surface area (Å²) in [4.78, 5) is 5.29. The summed E-state index contributed by atoms with van der Waals surface area (Å²) in [5.74, 6) is 1.04. The van der Waals surface area contributed by atoms with Crippen LogP contribution >= 0.6 is 11.8 Å². The zero-order valence-corrected chi connectivity index (χ0v) is 11.7. The van der Waals surface area contributed by atoms with Gasteiger partial charge in [-0.2, -0.15) is 5.26 Å². The number of hydrogen-bond acceptors (Lipinski definition) is 3. The molecule has 0 saturated heterocycles. The average molecular weight is 260 g/mol. The SMILES string of the molecule is CCCC1CCC(C#N)C(Sc2ccncc2)C1. The van der Waals surface area contributed by atoms with Crippen molar-refractivity contribution in [3.63, 3.8) is 0 Å². The van der Waals surface area contributed by atoms with Gasteiger partial charge in [0, 0.05) is 22.5 Å². The second-order valence-corrected chi connectivity index (χ2v) is 6.36. The van der Waals surface area contributed by atoms with Crippen LogP contribution in [0.3, 0.4) is 0 Å². The quantitative estimate of drug-likeness (QED) is 0.810. The van der Waals surface area contributed by atoms with Crippen LogP contribution in [0.4, 0.5) is 0 Å². The zero-order valence-electron chi connectivity index (χ0n) is 10.9. The van der Waals surface area contributed by atoms with Gasteiger partial charge in [0.1, 0.15) is 0 Å². The van der Waals surface area contributed by atoms with Gasteiger partial charge in [0.05, 0.1) is 12.0 Å². The third-order valence-corrected chi connectivity index (χ3v) is 5.07. The van der Waals surface area contributed by atoms with Gasteiger partial charge in [-0.3, -0.25) is 4.98 Å². The van der Waals surface area contributed by atoms with E-state index < -0.39 is 0 Å². The fraction of sp³-hybridized carbons (Fsp3) is 0.600. The Morgan fingerprint density at radius 3 is 2.83 bits per heavy atom. The Morgan fingerprint density at radius 2 is 2.17 bits per heavy atom. The minimum Gasteiger partial charge on any atom is -0.265 e. The van der Waals surface area contributed by atoms with Crippen LogP contribution in [0.25, 0.3) is 0 Å². The lowest BCUT2D eigenvalue weighted by Gasteiger charge is -2.32. The van der Waals surface area contributed by atoms with E-state index in [1.54, 1.807) is 0 Å². The lowest BCUT2D eigenvalue weighted by atomic mass is 9.80. The van der Waals surface area contributed by atoms with Gasteiger partial charge < -0.3 is 0 Å². The highest BCUT2D eigenvalue weighted by molar-refractivity contribution is 8.00. The van der Waals surface area contributed by atoms with Crippen molar-refractivity contribution in [3.8, 4) is 6.07 Å². The Hall–Kier alpha value is -1.01. The van der Waals surface area contributed by atoms with E-state index in [1.807, 2.05) is 36.3 Å². The van der Waals surface area contributed by atoms with Crippen molar-refractivity contribution in [2.75, 3.05) is 0 Å². The molecule has 3 heteroatoms. The van der Waals surface area contributed by atoms with Crippen molar-refractivity contribution in [2.45, 2.75) is 49.2 Å². The predicted molar refractivity (Wildman–Crippen MR) is 75.2 cm³/mol. The van der Waals surface area contributed by atoms with Crippen LogP contribution < -0.4 is 0 Å². The van der Waals surface area contributed by atoms with E-state index in [0.717, 1.165) is 12.3 Å². The summed E-state index contributed by atoms with van der Waals surface area (Å²) in [6, 6.07) is 6.59. The predicted octanol–water partition coefficient (Wildman–Crippen LogP) is 4.28. The highest BCUT2D eigenvalue weighted by Crippen LogP contribution is 2.40. The highest BCUT2D eigenvalue weighted by Gasteiger charge is 2.30. The van der Waals surface area contributed by atoms with E-state index in [2.05, 4.69) is 18.0 Å². The lowest BCUT2D eigenvalue weighted by Crippen LogP contribution is -2.26. The minimum absolute atomic E-state index is 0.219. The van der Waals surface area contributed by atoms with Gasteiger partial charge >= 0.3 is 0 Å². The Morgan fingerprint density at radius 1 is 1.39 bits per heavy atom. The van der Waals surface area contributed by atoms with Crippen LogP contribution in [0.5, 0.6) is 0 Å². The second kappa shape index (κ2) is 6.80. The normalized spacial score (nSPS) is 27.7. The summed E-state index contributed by atoms with van der Waals surface area (Å²) < 4.78 is 0. The molecule has 0 radical (unpaired) electrons. The van der Waals surface area contributed by atoms with E-state index in [4.69, 9.17) is 0 Å². The maximum Gasteiger partial charge on any atom is 0.0667 e. The molecule has 96 valence electrons. The molecular weight excluding hydrogens is 240 g/mol. The van der Waals surface area contributed by atoms with E-state index >= 15 is 0 Å². The van der Waals surface area contributed by atoms with Crippen molar-refractivity contribution >= 4 is 11.8 Å². The summed E-state index contributed by atoms with van der Waals surface area (Å²) in [6.07, 6.45) is 9.73. The molecule has 1 heterocycles. The zero-order chi connectivity index (χ0) is 12.8. The number of aromatic nitrogens is 1.